The van der Waals surface area contributed by atoms with Crippen LogP contribution in [0.5, 0.6) is 0 Å². The number of hydrogen-bond donors (Lipinski definition) is 4. The quantitative estimate of drug-likeness (QED) is 0.308. The van der Waals surface area contributed by atoms with E-state index in [2.05, 4.69) is 22.9 Å². The highest BCUT2D eigenvalue weighted by Gasteiger charge is 2.26. The van der Waals surface area contributed by atoms with Gasteiger partial charge >= 0.3 is 0 Å². The third-order valence-electron chi connectivity index (χ3n) is 7.06. The van der Waals surface area contributed by atoms with E-state index in [0.29, 0.717) is 31.1 Å². The lowest BCUT2D eigenvalue weighted by Gasteiger charge is -2.29. The van der Waals surface area contributed by atoms with E-state index in [-0.39, 0.29) is 24.4 Å². The average molecular weight is 488 g/mol. The number of benzene rings is 2. The number of primary amides is 1. The topological polar surface area (TPSA) is 109 Å². The Bertz CT molecular complexity index is 1180. The minimum atomic E-state index is -0.383. The van der Waals surface area contributed by atoms with Crippen LogP contribution < -0.4 is 21.7 Å². The van der Waals surface area contributed by atoms with E-state index in [9.17, 15) is 9.59 Å². The highest BCUT2D eigenvalue weighted by Crippen LogP contribution is 2.31. The van der Waals surface area contributed by atoms with Crippen molar-refractivity contribution in [3.63, 3.8) is 0 Å². The molecule has 0 bridgehead atoms. The van der Waals surface area contributed by atoms with E-state index in [1.54, 1.807) is 0 Å². The molecule has 7 nitrogen and oxygen atoms in total. The van der Waals surface area contributed by atoms with Gasteiger partial charge in [-0.05, 0) is 31.7 Å². The average Bonchev–Trinajstić information content (AvgIpc) is 2.90. The number of rotatable bonds is 11. The van der Waals surface area contributed by atoms with Gasteiger partial charge in [0.05, 0.1) is 23.3 Å². The summed E-state index contributed by atoms with van der Waals surface area (Å²) in [5.41, 5.74) is 9.35. The molecule has 0 aliphatic heterocycles. The molecule has 2 amide bonds. The Labute approximate surface area is 213 Å². The molecular formula is C29H37N5O2. The number of hydrogen-bond acceptors (Lipinski definition) is 5. The van der Waals surface area contributed by atoms with E-state index >= 15 is 0 Å². The van der Waals surface area contributed by atoms with Gasteiger partial charge in [0.25, 0.3) is 5.91 Å². The van der Waals surface area contributed by atoms with Crippen LogP contribution in [0.15, 0.2) is 54.6 Å². The fourth-order valence-electron chi connectivity index (χ4n) is 5.15. The molecule has 1 saturated carbocycles. The molecule has 3 aromatic rings. The van der Waals surface area contributed by atoms with Crippen LogP contribution in [0.2, 0.25) is 0 Å². The Morgan fingerprint density at radius 3 is 2.42 bits per heavy atom. The summed E-state index contributed by atoms with van der Waals surface area (Å²) in [7, 11) is 0. The molecule has 1 aliphatic rings. The van der Waals surface area contributed by atoms with Crippen LogP contribution in [0, 0.1) is 5.92 Å². The Kier molecular flexibility index (Phi) is 9.03. The molecule has 0 saturated heterocycles. The SMILES string of the molecule is C[C@H](NC(=O)c1c(CNCCNCC(N)=O)c(-c2ccccc2)nc2ccccc12)C1CCCCC1. The van der Waals surface area contributed by atoms with Gasteiger partial charge in [-0.15, -0.1) is 0 Å². The molecule has 5 N–H and O–H groups in total. The minimum absolute atomic E-state index is 0.0486. The molecule has 1 heterocycles. The molecule has 1 atom stereocenters. The first kappa shape index (κ1) is 25.8. The summed E-state index contributed by atoms with van der Waals surface area (Å²) in [4.78, 5) is 29.9. The summed E-state index contributed by atoms with van der Waals surface area (Å²) in [6.45, 7) is 3.96. The molecule has 36 heavy (non-hydrogen) atoms. The zero-order chi connectivity index (χ0) is 25.3. The van der Waals surface area contributed by atoms with Crippen molar-refractivity contribution in [2.75, 3.05) is 19.6 Å². The lowest BCUT2D eigenvalue weighted by Crippen LogP contribution is -2.39. The van der Waals surface area contributed by atoms with Crippen LogP contribution in [0.25, 0.3) is 22.2 Å². The molecule has 7 heteroatoms. The number of pyridine rings is 1. The van der Waals surface area contributed by atoms with Crippen LogP contribution in [0.3, 0.4) is 0 Å². The highest BCUT2D eigenvalue weighted by atomic mass is 16.2. The molecule has 1 fully saturated rings. The molecule has 1 aromatic heterocycles. The van der Waals surface area contributed by atoms with Crippen molar-refractivity contribution in [3.05, 3.63) is 65.7 Å². The number of aromatic nitrogens is 1. The van der Waals surface area contributed by atoms with Gasteiger partial charge in [0, 0.05) is 42.2 Å². The Balaban J connectivity index is 1.68. The van der Waals surface area contributed by atoms with Gasteiger partial charge in [0.1, 0.15) is 0 Å². The summed E-state index contributed by atoms with van der Waals surface area (Å²) in [5.74, 6) is 0.0842. The maximum absolute atomic E-state index is 13.9. The van der Waals surface area contributed by atoms with Crippen molar-refractivity contribution in [1.82, 2.24) is 20.9 Å². The maximum Gasteiger partial charge on any atom is 0.252 e. The number of carbonyl (C=O) groups excluding carboxylic acids is 2. The Morgan fingerprint density at radius 2 is 1.67 bits per heavy atom. The van der Waals surface area contributed by atoms with Gasteiger partial charge < -0.3 is 21.7 Å². The first-order valence-corrected chi connectivity index (χ1v) is 13.0. The van der Waals surface area contributed by atoms with Gasteiger partial charge in [0.15, 0.2) is 0 Å². The van der Waals surface area contributed by atoms with E-state index in [0.717, 1.165) is 27.7 Å². The van der Waals surface area contributed by atoms with Crippen LogP contribution in [-0.4, -0.2) is 42.5 Å². The van der Waals surface area contributed by atoms with Crippen molar-refractivity contribution in [3.8, 4) is 11.3 Å². The summed E-state index contributed by atoms with van der Waals surface area (Å²) >= 11 is 0. The zero-order valence-electron chi connectivity index (χ0n) is 21.1. The predicted molar refractivity (Wildman–Crippen MR) is 144 cm³/mol. The maximum atomic E-state index is 13.9. The molecule has 1 aliphatic carbocycles. The summed E-state index contributed by atoms with van der Waals surface area (Å²) < 4.78 is 0. The van der Waals surface area contributed by atoms with E-state index in [1.165, 1.54) is 32.1 Å². The van der Waals surface area contributed by atoms with E-state index < -0.39 is 0 Å². The number of amides is 2. The van der Waals surface area contributed by atoms with Crippen LogP contribution in [0.4, 0.5) is 0 Å². The third-order valence-corrected chi connectivity index (χ3v) is 7.06. The fourth-order valence-corrected chi connectivity index (χ4v) is 5.15. The van der Waals surface area contributed by atoms with Crippen molar-refractivity contribution in [2.45, 2.75) is 51.6 Å². The van der Waals surface area contributed by atoms with Crippen LogP contribution in [-0.2, 0) is 11.3 Å². The predicted octanol–water partition coefficient (Wildman–Crippen LogP) is 3.76. The molecule has 2 aromatic carbocycles. The van der Waals surface area contributed by atoms with Gasteiger partial charge in [-0.1, -0.05) is 67.8 Å². The third kappa shape index (κ3) is 6.47. The van der Waals surface area contributed by atoms with Crippen molar-refractivity contribution in [2.24, 2.45) is 11.7 Å². The number of nitrogens with zero attached hydrogens (tertiary/aromatic N) is 1. The molecular weight excluding hydrogens is 450 g/mol. The first-order chi connectivity index (χ1) is 17.5. The van der Waals surface area contributed by atoms with Gasteiger partial charge in [-0.25, -0.2) is 4.98 Å². The normalized spacial score (nSPS) is 15.0. The zero-order valence-corrected chi connectivity index (χ0v) is 21.1. The molecule has 0 unspecified atom stereocenters. The lowest BCUT2D eigenvalue weighted by molar-refractivity contribution is -0.117. The Morgan fingerprint density at radius 1 is 0.972 bits per heavy atom. The summed E-state index contributed by atoms with van der Waals surface area (Å²) in [5, 5.41) is 10.6. The van der Waals surface area contributed by atoms with Crippen molar-refractivity contribution in [1.29, 1.82) is 0 Å². The minimum Gasteiger partial charge on any atom is -0.369 e. The first-order valence-electron chi connectivity index (χ1n) is 13.0. The summed E-state index contributed by atoms with van der Waals surface area (Å²) in [6.07, 6.45) is 6.10. The molecule has 4 rings (SSSR count). The number of fused-ring (bicyclic) bond motifs is 1. The second-order valence-electron chi connectivity index (χ2n) is 9.68. The second-order valence-corrected chi connectivity index (χ2v) is 9.68. The van der Waals surface area contributed by atoms with Gasteiger partial charge in [-0.2, -0.15) is 0 Å². The number of para-hydroxylation sites is 1. The summed E-state index contributed by atoms with van der Waals surface area (Å²) in [6, 6.07) is 18.0. The van der Waals surface area contributed by atoms with E-state index in [1.807, 2.05) is 54.6 Å². The Hall–Kier alpha value is -3.29. The number of nitrogens with two attached hydrogens (primary N) is 1. The second kappa shape index (κ2) is 12.6. The number of carbonyl (C=O) groups is 2. The largest absolute Gasteiger partial charge is 0.369 e. The van der Waals surface area contributed by atoms with Gasteiger partial charge in [-0.3, -0.25) is 9.59 Å². The smallest absolute Gasteiger partial charge is 0.252 e. The van der Waals surface area contributed by atoms with Crippen molar-refractivity contribution < 1.29 is 9.59 Å². The van der Waals surface area contributed by atoms with Crippen LogP contribution in [0.1, 0.15) is 54.9 Å². The fraction of sp³-hybridized carbons (Fsp3) is 0.414. The van der Waals surface area contributed by atoms with Gasteiger partial charge in [0.2, 0.25) is 5.91 Å². The monoisotopic (exact) mass is 487 g/mol. The molecule has 0 spiro atoms. The van der Waals surface area contributed by atoms with E-state index in [4.69, 9.17) is 10.7 Å². The number of nitrogens with one attached hydrogen (secondary N) is 3. The van der Waals surface area contributed by atoms with Crippen molar-refractivity contribution >= 4 is 22.7 Å². The standard InChI is InChI=1S/C29H37N5O2/c1-20(21-10-4-2-5-11-21)33-29(36)27-23-14-8-9-15-25(23)34-28(22-12-6-3-7-13-22)24(27)18-31-16-17-32-19-26(30)35/h3,6-9,12-15,20-21,31-32H,2,4-5,10-11,16-19H2,1H3,(H2,30,35)(H,33,36)/t20-/m0/s1. The molecule has 190 valence electrons. The van der Waals surface area contributed by atoms with Crippen LogP contribution >= 0.6 is 0 Å². The molecule has 0 radical (unpaired) electrons. The lowest BCUT2D eigenvalue weighted by atomic mass is 9.84. The highest BCUT2D eigenvalue weighted by molar-refractivity contribution is 6.09.